The van der Waals surface area contributed by atoms with E-state index in [9.17, 15) is 19.2 Å². The molecule has 0 heterocycles. The van der Waals surface area contributed by atoms with Gasteiger partial charge in [-0.3, -0.25) is 0 Å². The van der Waals surface area contributed by atoms with Crippen LogP contribution in [0.25, 0.3) is 0 Å². The second-order valence-electron chi connectivity index (χ2n) is 5.07. The SMILES string of the molecule is C[As](C)SCC(NC(=O)CCC(N)C(=O)O)C(=O)CCC(=O)O. The topological polar surface area (TPSA) is 147 Å². The number of hydrogen-bond acceptors (Lipinski definition) is 6. The Morgan fingerprint density at radius 1 is 1.13 bits per heavy atom. The van der Waals surface area contributed by atoms with Gasteiger partial charge in [0.1, 0.15) is 0 Å². The average molecular weight is 410 g/mol. The molecule has 23 heavy (non-hydrogen) atoms. The Morgan fingerprint density at radius 3 is 2.22 bits per heavy atom. The van der Waals surface area contributed by atoms with Crippen molar-refractivity contribution in [2.24, 2.45) is 5.73 Å². The van der Waals surface area contributed by atoms with Gasteiger partial charge in [-0.2, -0.15) is 0 Å². The number of carboxylic acid groups (broad SMARTS) is 2. The number of Topliss-reactive ketones (excluding diaryl/α,β-unsaturated/α-hetero) is 1. The van der Waals surface area contributed by atoms with Gasteiger partial charge in [-0.05, 0) is 0 Å². The zero-order chi connectivity index (χ0) is 18.0. The quantitative estimate of drug-likeness (QED) is 0.331. The summed E-state index contributed by atoms with van der Waals surface area (Å²) in [5.74, 6) is -2.63. The summed E-state index contributed by atoms with van der Waals surface area (Å²) in [5.41, 5.74) is 9.50. The molecule has 0 spiro atoms. The number of nitrogens with two attached hydrogens (primary N) is 1. The predicted molar refractivity (Wildman–Crippen MR) is 88.6 cm³/mol. The van der Waals surface area contributed by atoms with Gasteiger partial charge in [-0.1, -0.05) is 0 Å². The first-order valence-electron chi connectivity index (χ1n) is 6.96. The molecule has 0 radical (unpaired) electrons. The van der Waals surface area contributed by atoms with E-state index >= 15 is 0 Å². The van der Waals surface area contributed by atoms with Gasteiger partial charge >= 0.3 is 143 Å². The van der Waals surface area contributed by atoms with E-state index in [2.05, 4.69) is 16.7 Å². The van der Waals surface area contributed by atoms with E-state index in [0.29, 0.717) is 5.75 Å². The summed E-state index contributed by atoms with van der Waals surface area (Å²) in [6, 6.07) is -1.87. The van der Waals surface area contributed by atoms with Crippen LogP contribution in [0, 0.1) is 0 Å². The van der Waals surface area contributed by atoms with Crippen molar-refractivity contribution >= 4 is 47.1 Å². The zero-order valence-electron chi connectivity index (χ0n) is 13.2. The van der Waals surface area contributed by atoms with E-state index in [1.54, 1.807) is 10.0 Å². The van der Waals surface area contributed by atoms with Crippen LogP contribution in [0.2, 0.25) is 11.4 Å². The Hall–Kier alpha value is -1.05. The normalized spacial score (nSPS) is 13.4. The number of amides is 1. The fourth-order valence-electron chi connectivity index (χ4n) is 1.52. The Balaban J connectivity index is 4.54. The van der Waals surface area contributed by atoms with Crippen LogP contribution in [0.15, 0.2) is 0 Å². The Morgan fingerprint density at radius 2 is 1.74 bits per heavy atom. The molecule has 0 bridgehead atoms. The summed E-state index contributed by atoms with van der Waals surface area (Å²) in [5, 5.41) is 19.9. The number of hydrogen-bond donors (Lipinski definition) is 4. The minimum absolute atomic E-state index is 0.0241. The molecule has 8 nitrogen and oxygen atoms in total. The van der Waals surface area contributed by atoms with E-state index in [1.165, 1.54) is 0 Å². The van der Waals surface area contributed by atoms with Crippen LogP contribution in [-0.4, -0.2) is 65.2 Å². The first-order chi connectivity index (χ1) is 10.6. The average Bonchev–Trinajstić information content (AvgIpc) is 2.45. The van der Waals surface area contributed by atoms with Crippen molar-refractivity contribution in [3.05, 3.63) is 0 Å². The molecule has 132 valence electrons. The maximum absolute atomic E-state index is 12.0. The molecule has 1 amide bonds. The molecule has 5 N–H and O–H groups in total. The molecule has 0 fully saturated rings. The molecule has 0 aromatic carbocycles. The second kappa shape index (κ2) is 11.5. The van der Waals surface area contributed by atoms with Crippen LogP contribution >= 0.6 is 10.0 Å². The molecule has 0 aliphatic carbocycles. The van der Waals surface area contributed by atoms with Crippen LogP contribution in [0.1, 0.15) is 25.7 Å². The monoisotopic (exact) mass is 410 g/mol. The molecule has 0 saturated carbocycles. The van der Waals surface area contributed by atoms with Crippen molar-refractivity contribution < 1.29 is 29.4 Å². The van der Waals surface area contributed by atoms with Gasteiger partial charge < -0.3 is 0 Å². The Kier molecular flexibility index (Phi) is 11.0. The van der Waals surface area contributed by atoms with Gasteiger partial charge in [-0.15, -0.1) is 0 Å². The van der Waals surface area contributed by atoms with Crippen molar-refractivity contribution in [2.45, 2.75) is 49.2 Å². The first kappa shape index (κ1) is 21.9. The van der Waals surface area contributed by atoms with Crippen molar-refractivity contribution in [1.82, 2.24) is 5.32 Å². The number of carboxylic acids is 2. The fraction of sp³-hybridized carbons (Fsp3) is 0.692. The molecule has 0 aromatic rings. The van der Waals surface area contributed by atoms with Crippen molar-refractivity contribution in [1.29, 1.82) is 0 Å². The molecule has 0 aliphatic rings. The van der Waals surface area contributed by atoms with Gasteiger partial charge in [0.15, 0.2) is 0 Å². The van der Waals surface area contributed by atoms with Gasteiger partial charge in [0.25, 0.3) is 0 Å². The third-order valence-electron chi connectivity index (χ3n) is 2.81. The van der Waals surface area contributed by atoms with Gasteiger partial charge in [0, 0.05) is 0 Å². The summed E-state index contributed by atoms with van der Waals surface area (Å²) in [6.45, 7) is 0. The van der Waals surface area contributed by atoms with Crippen LogP contribution < -0.4 is 11.1 Å². The molecule has 0 aliphatic heterocycles. The zero-order valence-corrected chi connectivity index (χ0v) is 15.8. The fourth-order valence-corrected chi connectivity index (χ4v) is 5.05. The molecular formula is C13H23AsN2O6S. The molecule has 0 rings (SSSR count). The Bertz CT molecular complexity index is 446. The van der Waals surface area contributed by atoms with Crippen LogP contribution in [0.4, 0.5) is 0 Å². The van der Waals surface area contributed by atoms with Crippen LogP contribution in [0.5, 0.6) is 0 Å². The number of carbonyl (C=O) groups is 4. The summed E-state index contributed by atoms with van der Waals surface area (Å²) in [4.78, 5) is 45.0. The molecular weight excluding hydrogens is 387 g/mol. The number of nitrogens with one attached hydrogen (secondary N) is 1. The standard InChI is InChI=1S/C13H23AsN2O6S/c1-14(2)23-7-9(10(17)4-6-12(19)20)16-11(18)5-3-8(15)13(21)22/h8-9H,3-7,15H2,1-2H3,(H,16,18)(H,19,20)(H,21,22). The number of aliphatic carboxylic acids is 2. The maximum atomic E-state index is 12.0. The summed E-state index contributed by atoms with van der Waals surface area (Å²) in [7, 11) is 1.62. The second-order valence-corrected chi connectivity index (χ2v) is 14.5. The summed E-state index contributed by atoms with van der Waals surface area (Å²) in [6.07, 6.45) is -0.542. The minimum atomic E-state index is -1.19. The molecule has 0 saturated heterocycles. The third kappa shape index (κ3) is 11.2. The van der Waals surface area contributed by atoms with E-state index in [1.807, 2.05) is 0 Å². The van der Waals surface area contributed by atoms with Crippen molar-refractivity contribution in [3.63, 3.8) is 0 Å². The van der Waals surface area contributed by atoms with Gasteiger partial charge in [0.05, 0.1) is 0 Å². The van der Waals surface area contributed by atoms with E-state index in [-0.39, 0.29) is 31.5 Å². The van der Waals surface area contributed by atoms with Crippen LogP contribution in [-0.2, 0) is 19.2 Å². The van der Waals surface area contributed by atoms with E-state index in [4.69, 9.17) is 15.9 Å². The molecule has 2 atom stereocenters. The summed E-state index contributed by atoms with van der Waals surface area (Å²) < 4.78 is 0. The van der Waals surface area contributed by atoms with Gasteiger partial charge in [0.2, 0.25) is 0 Å². The number of ketones is 1. The van der Waals surface area contributed by atoms with Crippen LogP contribution in [0.3, 0.4) is 0 Å². The number of rotatable bonds is 12. The van der Waals surface area contributed by atoms with E-state index < -0.39 is 43.4 Å². The van der Waals surface area contributed by atoms with Crippen molar-refractivity contribution in [3.8, 4) is 0 Å². The van der Waals surface area contributed by atoms with E-state index in [0.717, 1.165) is 0 Å². The molecule has 10 heteroatoms. The van der Waals surface area contributed by atoms with Crippen molar-refractivity contribution in [2.75, 3.05) is 5.75 Å². The third-order valence-corrected chi connectivity index (χ3v) is 8.00. The predicted octanol–water partition coefficient (Wildman–Crippen LogP) is 0.0815. The summed E-state index contributed by atoms with van der Waals surface area (Å²) >= 11 is -1.06. The number of carbonyl (C=O) groups excluding carboxylic acids is 2. The Labute approximate surface area is 142 Å². The first-order valence-corrected chi connectivity index (χ1v) is 13.9. The van der Waals surface area contributed by atoms with Gasteiger partial charge in [-0.25, -0.2) is 0 Å². The molecule has 2 unspecified atom stereocenters. The molecule has 0 aromatic heterocycles.